The van der Waals surface area contributed by atoms with Gasteiger partial charge in [-0.3, -0.25) is 39.6 Å². The minimum Gasteiger partial charge on any atom is -0.386 e. The molecule has 1 aliphatic rings. The predicted octanol–water partition coefficient (Wildman–Crippen LogP) is 14.4. The molecule has 18 heteroatoms. The van der Waals surface area contributed by atoms with Gasteiger partial charge in [0.2, 0.25) is 0 Å². The third-order valence-electron chi connectivity index (χ3n) is 16.7. The number of hydrogen-bond donors (Lipinski definition) is 8. The molecule has 7 aromatic heterocycles. The van der Waals surface area contributed by atoms with Crippen molar-refractivity contribution >= 4 is 33.6 Å². The van der Waals surface area contributed by atoms with E-state index in [-0.39, 0.29) is 0 Å². The van der Waals surface area contributed by atoms with Gasteiger partial charge in [0.05, 0.1) is 28.3 Å². The summed E-state index contributed by atoms with van der Waals surface area (Å²) in [7, 11) is 3.91. The Morgan fingerprint density at radius 1 is 0.394 bits per heavy atom. The molecule has 0 aliphatic carbocycles. The second-order valence-corrected chi connectivity index (χ2v) is 25.6. The van der Waals surface area contributed by atoms with E-state index in [4.69, 9.17) is 0 Å². The van der Waals surface area contributed by atoms with Gasteiger partial charge in [0.25, 0.3) is 0 Å². The Kier molecular flexibility index (Phi) is 44.2. The summed E-state index contributed by atoms with van der Waals surface area (Å²) in [6, 6.07) is 72.8. The average molecular weight is 1420 g/mol. The summed E-state index contributed by atoms with van der Waals surface area (Å²) < 4.78 is 0. The van der Waals surface area contributed by atoms with Crippen LogP contribution in [0.1, 0.15) is 84.7 Å². The van der Waals surface area contributed by atoms with Crippen molar-refractivity contribution in [2.75, 3.05) is 123 Å². The predicted molar refractivity (Wildman–Crippen MR) is 440 cm³/mol. The number of aromatic nitrogens is 6. The molecule has 1 fully saturated rings. The quantitative estimate of drug-likeness (QED) is 0.0232. The maximum Gasteiger partial charge on any atom is 0.0933 e. The van der Waals surface area contributed by atoms with Crippen molar-refractivity contribution in [3.63, 3.8) is 0 Å². The van der Waals surface area contributed by atoms with Crippen molar-refractivity contribution in [2.24, 2.45) is 0 Å². The second kappa shape index (κ2) is 54.7. The van der Waals surface area contributed by atoms with E-state index >= 15 is 0 Å². The molecule has 0 amide bonds. The highest BCUT2D eigenvalue weighted by Gasteiger charge is 2.13. The summed E-state index contributed by atoms with van der Waals surface area (Å²) >= 11 is 1.82. The van der Waals surface area contributed by atoms with E-state index in [0.29, 0.717) is 0 Å². The van der Waals surface area contributed by atoms with Crippen LogP contribution in [-0.2, 0) is 58.7 Å². The number of hydrogen-bond acceptors (Lipinski definition) is 17. The van der Waals surface area contributed by atoms with Crippen LogP contribution in [0.4, 0.5) is 11.4 Å². The van der Waals surface area contributed by atoms with Crippen LogP contribution < -0.4 is 37.2 Å². The fraction of sp³-hybridized carbons (Fsp3) is 0.360. The van der Waals surface area contributed by atoms with Gasteiger partial charge >= 0.3 is 0 Å². The molecule has 12 rings (SSSR count). The third kappa shape index (κ3) is 36.0. The van der Waals surface area contributed by atoms with E-state index in [0.717, 1.165) is 185 Å². The van der Waals surface area contributed by atoms with Gasteiger partial charge in [-0.2, -0.15) is 0 Å². The third-order valence-corrected chi connectivity index (χ3v) is 17.6. The molecule has 0 bridgehead atoms. The molecule has 1 aliphatic heterocycles. The zero-order valence-electron chi connectivity index (χ0n) is 63.2. The van der Waals surface area contributed by atoms with Crippen LogP contribution in [0.25, 0.3) is 10.9 Å². The van der Waals surface area contributed by atoms with Crippen molar-refractivity contribution < 1.29 is 0 Å². The molecule has 0 atom stereocenters. The number of rotatable bonds is 28. The number of para-hydroxylation sites is 2. The van der Waals surface area contributed by atoms with Gasteiger partial charge in [-0.25, -0.2) is 0 Å². The lowest BCUT2D eigenvalue weighted by Crippen LogP contribution is -2.39. The standard InChI is InChI=1S/C21H25N3.C18H25N3.C14H17N3.C13H16N2S.C10H10N2.C8H20N4.C2H6/c1-2-22-21-13-7-6-11-19(21)16-24(17-20-12-8-14-23-20)15-18-9-4-3-5-10-18;1-19-13-16-21(14-10-17-7-3-2-4-8-17)15-11-18-9-5-6-12-20-18;1-2-17(11-13-7-3-5-9-15-13)12-14-8-4-6-10-16-14;1-2-15(11-13-7-5-9-16-13)10-12-6-3-4-8-14-12;1-11-9-6-2-4-8-5-3-7-12-10(8)9;1-2-10-5-6-12-8-7-11-4-3-9-1;1-2/h3-14,22-23H,2,15-17H2,1H3;2-9,12,19H,10-11,13-16H2,1H3;3-10H,2,11-12H2,1H3;3-9H,2,10-11H2,1H3;2-7,11H,1H3;9-12H,1-8H2;1-2H3. The highest BCUT2D eigenvalue weighted by atomic mass is 32.1. The zero-order valence-corrected chi connectivity index (χ0v) is 64.0. The van der Waals surface area contributed by atoms with Crippen LogP contribution in [0.2, 0.25) is 0 Å². The van der Waals surface area contributed by atoms with E-state index in [1.165, 1.54) is 44.0 Å². The summed E-state index contributed by atoms with van der Waals surface area (Å²) in [6.07, 6.45) is 13.3. The Morgan fingerprint density at radius 3 is 1.39 bits per heavy atom. The van der Waals surface area contributed by atoms with Gasteiger partial charge in [0.1, 0.15) is 0 Å². The largest absolute Gasteiger partial charge is 0.386 e. The smallest absolute Gasteiger partial charge is 0.0933 e. The lowest BCUT2D eigenvalue weighted by Gasteiger charge is -2.23. The first-order valence-electron chi connectivity index (χ1n) is 37.4. The van der Waals surface area contributed by atoms with Crippen molar-refractivity contribution in [3.05, 3.63) is 305 Å². The molecule has 1 saturated heterocycles. The normalized spacial score (nSPS) is 12.1. The van der Waals surface area contributed by atoms with Gasteiger partial charge in [0, 0.05) is 209 Å². The second-order valence-electron chi connectivity index (χ2n) is 24.5. The van der Waals surface area contributed by atoms with Gasteiger partial charge in [-0.05, 0) is 140 Å². The topological polar surface area (TPSA) is 177 Å². The fourth-order valence-corrected chi connectivity index (χ4v) is 11.9. The van der Waals surface area contributed by atoms with Gasteiger partial charge in [0.15, 0.2) is 0 Å². The SMILES string of the molecule is C1CNCCNCCNCCN1.CC.CCN(Cc1ccccn1)Cc1ccccn1.CCN(Cc1ccccn1)Cc1cccs1.CCNc1ccccc1CN(Cc1ccccc1)Cc1ccc[nH]1.CNCCN(CCc1ccccc1)CCc1ccccn1.CNc1cccc2cccnc12. The molecule has 0 radical (unpaired) electrons. The van der Waals surface area contributed by atoms with Crippen molar-refractivity contribution in [1.29, 1.82) is 0 Å². The molecular formula is C86H119N17S. The van der Waals surface area contributed by atoms with E-state index in [1.807, 2.05) is 137 Å². The van der Waals surface area contributed by atoms with Crippen LogP contribution in [0, 0.1) is 0 Å². The van der Waals surface area contributed by atoms with Gasteiger partial charge in [-0.1, -0.05) is 155 Å². The summed E-state index contributed by atoms with van der Waals surface area (Å²) in [5.74, 6) is 0. The van der Waals surface area contributed by atoms with Crippen molar-refractivity contribution in [2.45, 2.75) is 93.3 Å². The number of pyridine rings is 5. The molecule has 0 spiro atoms. The number of thiophene rings is 1. The minimum absolute atomic E-state index is 0.869. The molecule has 17 nitrogen and oxygen atoms in total. The molecule has 0 saturated carbocycles. The first-order valence-corrected chi connectivity index (χ1v) is 38.3. The zero-order chi connectivity index (χ0) is 73.4. The summed E-state index contributed by atoms with van der Waals surface area (Å²) in [5, 5.41) is 26.5. The summed E-state index contributed by atoms with van der Waals surface area (Å²) in [6.45, 7) is 32.7. The van der Waals surface area contributed by atoms with Crippen LogP contribution in [0.5, 0.6) is 0 Å². The molecule has 11 aromatic rings. The lowest BCUT2D eigenvalue weighted by molar-refractivity contribution is 0.245. The van der Waals surface area contributed by atoms with Gasteiger partial charge in [-0.15, -0.1) is 11.3 Å². The number of anilines is 2. The Hall–Kier alpha value is -8.89. The number of likely N-dealkylation sites (N-methyl/N-ethyl adjacent to an activating group) is 1. The highest BCUT2D eigenvalue weighted by molar-refractivity contribution is 7.09. The first-order chi connectivity index (χ1) is 51.4. The molecule has 4 aromatic carbocycles. The summed E-state index contributed by atoms with van der Waals surface area (Å²) in [4.78, 5) is 36.2. The maximum absolute atomic E-state index is 4.41. The Bertz CT molecular complexity index is 3620. The molecule has 8 heterocycles. The molecule has 104 heavy (non-hydrogen) atoms. The van der Waals surface area contributed by atoms with Crippen LogP contribution in [-0.4, -0.2) is 162 Å². The van der Waals surface area contributed by atoms with Crippen molar-refractivity contribution in [3.8, 4) is 0 Å². The molecule has 554 valence electrons. The van der Waals surface area contributed by atoms with Crippen LogP contribution in [0.3, 0.4) is 0 Å². The van der Waals surface area contributed by atoms with E-state index in [2.05, 4.69) is 265 Å². The Balaban J connectivity index is 0.000000198. The van der Waals surface area contributed by atoms with E-state index in [9.17, 15) is 0 Å². The number of nitrogens with zero attached hydrogens (tertiary/aromatic N) is 9. The monoisotopic (exact) mass is 1420 g/mol. The number of benzene rings is 4. The number of nitrogens with one attached hydrogen (secondary N) is 8. The molecular weight excluding hydrogens is 1300 g/mol. The van der Waals surface area contributed by atoms with Crippen LogP contribution >= 0.6 is 11.3 Å². The van der Waals surface area contributed by atoms with Crippen LogP contribution in [0.15, 0.2) is 255 Å². The van der Waals surface area contributed by atoms with E-state index < -0.39 is 0 Å². The average Bonchev–Trinajstić information content (AvgIpc) is 1.28. The highest BCUT2D eigenvalue weighted by Crippen LogP contribution is 2.22. The molecule has 8 N–H and O–H groups in total. The van der Waals surface area contributed by atoms with Crippen molar-refractivity contribution in [1.82, 2.24) is 76.1 Å². The fourth-order valence-electron chi connectivity index (χ4n) is 11.2. The molecule has 0 unspecified atom stereocenters. The first kappa shape index (κ1) is 84.1. The summed E-state index contributed by atoms with van der Waals surface area (Å²) in [5.41, 5.74) is 13.2. The maximum atomic E-state index is 4.41. The Labute approximate surface area is 627 Å². The minimum atomic E-state index is 0.869. The number of aromatic amines is 1. The van der Waals surface area contributed by atoms with E-state index in [1.54, 1.807) is 0 Å². The number of fused-ring (bicyclic) bond motifs is 1. The van der Waals surface area contributed by atoms with Gasteiger partial charge < -0.3 is 47.1 Å². The number of H-pyrrole nitrogens is 1. The lowest BCUT2D eigenvalue weighted by atomic mass is 10.1. The Morgan fingerprint density at radius 2 is 0.894 bits per heavy atom.